The van der Waals surface area contributed by atoms with Crippen LogP contribution in [0.25, 0.3) is 0 Å². The number of alkyl halides is 1. The first-order valence-electron chi connectivity index (χ1n) is 5.71. The van der Waals surface area contributed by atoms with Crippen LogP contribution in [0.3, 0.4) is 0 Å². The van der Waals surface area contributed by atoms with Crippen molar-refractivity contribution < 1.29 is 8.78 Å². The highest BCUT2D eigenvalue weighted by atomic mass is 35.5. The summed E-state index contributed by atoms with van der Waals surface area (Å²) in [6.45, 7) is 1.82. The van der Waals surface area contributed by atoms with Crippen molar-refractivity contribution in [2.24, 2.45) is 0 Å². The van der Waals surface area contributed by atoms with E-state index >= 15 is 0 Å². The van der Waals surface area contributed by atoms with Gasteiger partial charge in [-0.2, -0.15) is 0 Å². The normalized spacial score (nSPS) is 12.4. The molecule has 94 valence electrons. The van der Waals surface area contributed by atoms with E-state index in [-0.39, 0.29) is 11.6 Å². The molecule has 0 spiro atoms. The molecular weight excluding hydrogens is 254 g/mol. The number of halogens is 3. The summed E-state index contributed by atoms with van der Waals surface area (Å²) in [6.07, 6.45) is 0.402. The summed E-state index contributed by atoms with van der Waals surface area (Å²) in [7, 11) is 0. The fraction of sp³-hybridized carbons (Fsp3) is 0.200. The Labute approximate surface area is 110 Å². The Morgan fingerprint density at radius 2 is 1.89 bits per heavy atom. The average molecular weight is 267 g/mol. The largest absolute Gasteiger partial charge is 0.207 e. The molecule has 0 aliphatic carbocycles. The maximum absolute atomic E-state index is 13.7. The Bertz CT molecular complexity index is 552. The second kappa shape index (κ2) is 5.49. The van der Waals surface area contributed by atoms with E-state index in [2.05, 4.69) is 0 Å². The minimum absolute atomic E-state index is 0.305. The molecule has 0 fully saturated rings. The lowest BCUT2D eigenvalue weighted by atomic mass is 10.0. The molecule has 3 heteroatoms. The Hall–Kier alpha value is -1.41. The standard InChI is InChI=1S/C15H13ClF2/c1-10-5-6-13(15(18)7-10)14(16)9-11-3-2-4-12(17)8-11/h2-8,14H,9H2,1H3. The van der Waals surface area contributed by atoms with E-state index < -0.39 is 5.38 Å². The van der Waals surface area contributed by atoms with E-state index in [1.54, 1.807) is 18.2 Å². The molecule has 0 saturated heterocycles. The Morgan fingerprint density at radius 1 is 1.11 bits per heavy atom. The highest BCUT2D eigenvalue weighted by molar-refractivity contribution is 6.20. The van der Waals surface area contributed by atoms with Crippen LogP contribution < -0.4 is 0 Å². The van der Waals surface area contributed by atoms with Crippen LogP contribution in [0, 0.1) is 18.6 Å². The molecule has 0 bridgehead atoms. The van der Waals surface area contributed by atoms with Crippen molar-refractivity contribution in [3.63, 3.8) is 0 Å². The fourth-order valence-electron chi connectivity index (χ4n) is 1.87. The lowest BCUT2D eigenvalue weighted by Crippen LogP contribution is -1.99. The molecule has 2 rings (SSSR count). The SMILES string of the molecule is Cc1ccc(C(Cl)Cc2cccc(F)c2)c(F)c1. The van der Waals surface area contributed by atoms with E-state index in [4.69, 9.17) is 11.6 Å². The minimum Gasteiger partial charge on any atom is -0.207 e. The maximum Gasteiger partial charge on any atom is 0.128 e. The van der Waals surface area contributed by atoms with Gasteiger partial charge < -0.3 is 0 Å². The molecule has 2 aromatic carbocycles. The zero-order chi connectivity index (χ0) is 13.1. The van der Waals surface area contributed by atoms with Crippen molar-refractivity contribution in [3.05, 3.63) is 70.8 Å². The van der Waals surface area contributed by atoms with Gasteiger partial charge >= 0.3 is 0 Å². The van der Waals surface area contributed by atoms with E-state index in [9.17, 15) is 8.78 Å². The molecule has 0 heterocycles. The topological polar surface area (TPSA) is 0 Å². The molecule has 0 aliphatic heterocycles. The molecule has 1 unspecified atom stereocenters. The zero-order valence-electron chi connectivity index (χ0n) is 9.96. The number of aryl methyl sites for hydroxylation is 1. The number of benzene rings is 2. The first-order valence-corrected chi connectivity index (χ1v) is 6.14. The van der Waals surface area contributed by atoms with Crippen LogP contribution in [0.2, 0.25) is 0 Å². The first-order chi connectivity index (χ1) is 8.56. The summed E-state index contributed by atoms with van der Waals surface area (Å²) in [5, 5.41) is -0.493. The molecule has 1 atom stereocenters. The summed E-state index contributed by atoms with van der Waals surface area (Å²) < 4.78 is 26.8. The molecule has 0 nitrogen and oxygen atoms in total. The van der Waals surface area contributed by atoms with Crippen LogP contribution in [0.15, 0.2) is 42.5 Å². The number of rotatable bonds is 3. The average Bonchev–Trinajstić information content (AvgIpc) is 2.28. The second-order valence-corrected chi connectivity index (χ2v) is 4.85. The minimum atomic E-state index is -0.493. The summed E-state index contributed by atoms with van der Waals surface area (Å²) >= 11 is 6.19. The third-order valence-corrected chi connectivity index (χ3v) is 3.19. The van der Waals surface area contributed by atoms with Crippen LogP contribution >= 0.6 is 11.6 Å². The van der Waals surface area contributed by atoms with E-state index in [1.165, 1.54) is 18.2 Å². The van der Waals surface area contributed by atoms with Crippen LogP contribution in [-0.4, -0.2) is 0 Å². The van der Waals surface area contributed by atoms with Crippen molar-refractivity contribution in [2.75, 3.05) is 0 Å². The van der Waals surface area contributed by atoms with Gasteiger partial charge in [-0.15, -0.1) is 11.6 Å². The molecule has 0 N–H and O–H groups in total. The Kier molecular flexibility index (Phi) is 3.97. The monoisotopic (exact) mass is 266 g/mol. The zero-order valence-corrected chi connectivity index (χ0v) is 10.7. The van der Waals surface area contributed by atoms with Gasteiger partial charge in [0.25, 0.3) is 0 Å². The third kappa shape index (κ3) is 3.08. The number of hydrogen-bond donors (Lipinski definition) is 0. The Morgan fingerprint density at radius 3 is 2.56 bits per heavy atom. The van der Waals surface area contributed by atoms with Crippen molar-refractivity contribution >= 4 is 11.6 Å². The molecule has 0 aromatic heterocycles. The molecule has 18 heavy (non-hydrogen) atoms. The van der Waals surface area contributed by atoms with Crippen molar-refractivity contribution in [1.82, 2.24) is 0 Å². The van der Waals surface area contributed by atoms with Crippen molar-refractivity contribution in [3.8, 4) is 0 Å². The maximum atomic E-state index is 13.7. The van der Waals surface area contributed by atoms with Gasteiger partial charge in [-0.25, -0.2) is 8.78 Å². The van der Waals surface area contributed by atoms with Gasteiger partial charge in [-0.3, -0.25) is 0 Å². The molecule has 0 saturated carbocycles. The third-order valence-electron chi connectivity index (χ3n) is 2.80. The highest BCUT2D eigenvalue weighted by Crippen LogP contribution is 2.27. The predicted octanol–water partition coefficient (Wildman–Crippen LogP) is 4.80. The lowest BCUT2D eigenvalue weighted by molar-refractivity contribution is 0.603. The lowest BCUT2D eigenvalue weighted by Gasteiger charge is -2.11. The van der Waals surface area contributed by atoms with Gasteiger partial charge in [0.2, 0.25) is 0 Å². The van der Waals surface area contributed by atoms with Crippen LogP contribution in [-0.2, 0) is 6.42 Å². The van der Waals surface area contributed by atoms with E-state index in [1.807, 2.05) is 13.0 Å². The van der Waals surface area contributed by atoms with Gasteiger partial charge in [0, 0.05) is 5.56 Å². The summed E-state index contributed by atoms with van der Waals surface area (Å²) in [6, 6.07) is 11.2. The molecule has 0 radical (unpaired) electrons. The van der Waals surface area contributed by atoms with Gasteiger partial charge in [0.15, 0.2) is 0 Å². The summed E-state index contributed by atoms with van der Waals surface area (Å²) in [4.78, 5) is 0. The van der Waals surface area contributed by atoms with Gasteiger partial charge in [-0.05, 0) is 42.7 Å². The highest BCUT2D eigenvalue weighted by Gasteiger charge is 2.14. The Balaban J connectivity index is 2.19. The summed E-state index contributed by atoms with van der Waals surface area (Å²) in [5.41, 5.74) is 2.06. The van der Waals surface area contributed by atoms with Gasteiger partial charge in [0.05, 0.1) is 5.38 Å². The first kappa shape index (κ1) is 13.0. The van der Waals surface area contributed by atoms with Crippen LogP contribution in [0.5, 0.6) is 0 Å². The molecule has 0 amide bonds. The van der Waals surface area contributed by atoms with Gasteiger partial charge in [0.1, 0.15) is 11.6 Å². The van der Waals surface area contributed by atoms with Crippen LogP contribution in [0.1, 0.15) is 22.1 Å². The number of hydrogen-bond acceptors (Lipinski definition) is 0. The smallest absolute Gasteiger partial charge is 0.128 e. The predicted molar refractivity (Wildman–Crippen MR) is 69.8 cm³/mol. The quantitative estimate of drug-likeness (QED) is 0.701. The molecular formula is C15H13ClF2. The fourth-order valence-corrected chi connectivity index (χ4v) is 2.22. The van der Waals surface area contributed by atoms with E-state index in [0.29, 0.717) is 12.0 Å². The molecule has 2 aromatic rings. The summed E-state index contributed by atoms with van der Waals surface area (Å²) in [5.74, 6) is -0.618. The van der Waals surface area contributed by atoms with Crippen LogP contribution in [0.4, 0.5) is 8.78 Å². The van der Waals surface area contributed by atoms with Crippen molar-refractivity contribution in [2.45, 2.75) is 18.7 Å². The second-order valence-electron chi connectivity index (χ2n) is 4.33. The van der Waals surface area contributed by atoms with Gasteiger partial charge in [-0.1, -0.05) is 24.3 Å². The molecule has 0 aliphatic rings. The van der Waals surface area contributed by atoms with Crippen molar-refractivity contribution in [1.29, 1.82) is 0 Å². The van der Waals surface area contributed by atoms with E-state index in [0.717, 1.165) is 11.1 Å².